The quantitative estimate of drug-likeness (QED) is 0.582. The highest BCUT2D eigenvalue weighted by molar-refractivity contribution is 6.31. The van der Waals surface area contributed by atoms with Crippen molar-refractivity contribution in [2.24, 2.45) is 0 Å². The highest BCUT2D eigenvalue weighted by Gasteiger charge is 2.26. The topological polar surface area (TPSA) is 20.3 Å². The van der Waals surface area contributed by atoms with Crippen LogP contribution in [0.1, 0.15) is 21.5 Å². The van der Waals surface area contributed by atoms with Crippen LogP contribution in [0.4, 0.5) is 11.4 Å². The van der Waals surface area contributed by atoms with Crippen LogP contribution in [0.2, 0.25) is 5.02 Å². The van der Waals surface area contributed by atoms with Gasteiger partial charge >= 0.3 is 0 Å². The van der Waals surface area contributed by atoms with Crippen LogP contribution in [0.3, 0.4) is 0 Å². The number of carbonyl (C=O) groups excluding carboxylic acids is 1. The molecule has 0 saturated carbocycles. The molecule has 0 fully saturated rings. The van der Waals surface area contributed by atoms with Crippen LogP contribution in [0.5, 0.6) is 0 Å². The van der Waals surface area contributed by atoms with Gasteiger partial charge in [0.15, 0.2) is 0 Å². The number of hydrogen-bond acceptors (Lipinski definition) is 1. The first kappa shape index (κ1) is 15.0. The molecule has 3 aromatic rings. The molecule has 0 unspecified atom stereocenters. The molecule has 3 aromatic carbocycles. The third-order valence-electron chi connectivity index (χ3n) is 4.41. The van der Waals surface area contributed by atoms with Crippen molar-refractivity contribution in [1.82, 2.24) is 0 Å². The van der Waals surface area contributed by atoms with Crippen LogP contribution in [0.15, 0.2) is 72.8 Å². The van der Waals surface area contributed by atoms with E-state index in [-0.39, 0.29) is 5.91 Å². The van der Waals surface area contributed by atoms with Crippen LogP contribution < -0.4 is 4.90 Å². The lowest BCUT2D eigenvalue weighted by atomic mass is 10.0. The van der Waals surface area contributed by atoms with Crippen molar-refractivity contribution >= 4 is 28.9 Å². The number of benzene rings is 3. The Morgan fingerprint density at radius 1 is 0.792 bits per heavy atom. The molecule has 0 atom stereocenters. The number of halogens is 1. The fourth-order valence-electron chi connectivity index (χ4n) is 3.22. The maximum Gasteiger partial charge on any atom is 0.262 e. The summed E-state index contributed by atoms with van der Waals surface area (Å²) in [6.45, 7) is 0. The lowest BCUT2D eigenvalue weighted by Crippen LogP contribution is -2.26. The summed E-state index contributed by atoms with van der Waals surface area (Å²) in [7, 11) is 0. The first-order chi connectivity index (χ1) is 11.7. The molecule has 0 aliphatic carbocycles. The van der Waals surface area contributed by atoms with Crippen molar-refractivity contribution in [2.45, 2.75) is 12.8 Å². The molecule has 0 saturated heterocycles. The zero-order chi connectivity index (χ0) is 16.5. The molecule has 0 aromatic heterocycles. The second-order valence-electron chi connectivity index (χ2n) is 5.91. The maximum atomic E-state index is 13.3. The van der Waals surface area contributed by atoms with E-state index in [1.807, 2.05) is 66.7 Å². The Hall–Kier alpha value is -2.58. The summed E-state index contributed by atoms with van der Waals surface area (Å²) in [6.07, 6.45) is 1.80. The Morgan fingerprint density at radius 2 is 1.46 bits per heavy atom. The van der Waals surface area contributed by atoms with Gasteiger partial charge in [-0.2, -0.15) is 0 Å². The molecular formula is C21H16ClNO. The van der Waals surface area contributed by atoms with E-state index in [2.05, 4.69) is 6.07 Å². The number of fused-ring (bicyclic) bond motifs is 2. The van der Waals surface area contributed by atoms with Gasteiger partial charge in [-0.1, -0.05) is 54.1 Å². The molecule has 1 aliphatic rings. The lowest BCUT2D eigenvalue weighted by molar-refractivity contribution is 0.0999. The number of amides is 1. The summed E-state index contributed by atoms with van der Waals surface area (Å²) < 4.78 is 0. The Balaban J connectivity index is 1.94. The smallest absolute Gasteiger partial charge is 0.262 e. The summed E-state index contributed by atoms with van der Waals surface area (Å²) in [6, 6.07) is 23.3. The monoisotopic (exact) mass is 333 g/mol. The average Bonchev–Trinajstić information content (AvgIpc) is 2.78. The zero-order valence-corrected chi connectivity index (χ0v) is 13.8. The van der Waals surface area contributed by atoms with Crippen LogP contribution in [-0.2, 0) is 12.8 Å². The van der Waals surface area contributed by atoms with E-state index in [0.29, 0.717) is 10.6 Å². The predicted octanol–water partition coefficient (Wildman–Crippen LogP) is 5.42. The van der Waals surface area contributed by atoms with E-state index in [1.54, 1.807) is 4.90 Å². The van der Waals surface area contributed by atoms with Gasteiger partial charge in [0.2, 0.25) is 0 Å². The van der Waals surface area contributed by atoms with E-state index in [9.17, 15) is 4.79 Å². The van der Waals surface area contributed by atoms with Crippen molar-refractivity contribution in [3.05, 3.63) is 94.5 Å². The first-order valence-electron chi connectivity index (χ1n) is 8.00. The predicted molar refractivity (Wildman–Crippen MR) is 98.2 cm³/mol. The number of carbonyl (C=O) groups is 1. The lowest BCUT2D eigenvalue weighted by Gasteiger charge is -2.25. The van der Waals surface area contributed by atoms with Gasteiger partial charge in [-0.05, 0) is 54.3 Å². The molecule has 1 heterocycles. The minimum Gasteiger partial charge on any atom is -0.276 e. The molecule has 4 rings (SSSR count). The molecular weight excluding hydrogens is 318 g/mol. The van der Waals surface area contributed by atoms with Gasteiger partial charge in [-0.3, -0.25) is 9.69 Å². The van der Waals surface area contributed by atoms with Crippen molar-refractivity contribution in [1.29, 1.82) is 0 Å². The molecule has 118 valence electrons. The summed E-state index contributed by atoms with van der Waals surface area (Å²) in [4.78, 5) is 15.1. The second-order valence-corrected chi connectivity index (χ2v) is 6.34. The minimum absolute atomic E-state index is 0.0338. The fraction of sp³-hybridized carbons (Fsp3) is 0.0952. The SMILES string of the molecule is O=C(c1ccccc1)N1c2ccccc2CCc2ccc(Cl)cc21. The molecule has 1 aliphatic heterocycles. The van der Waals surface area contributed by atoms with Gasteiger partial charge < -0.3 is 0 Å². The highest BCUT2D eigenvalue weighted by Crippen LogP contribution is 2.38. The third kappa shape index (κ3) is 2.59. The van der Waals surface area contributed by atoms with E-state index in [1.165, 1.54) is 5.56 Å². The molecule has 1 amide bonds. The summed E-state index contributed by atoms with van der Waals surface area (Å²) in [5, 5.41) is 0.638. The second kappa shape index (κ2) is 6.14. The number of rotatable bonds is 1. The van der Waals surface area contributed by atoms with Crippen LogP contribution in [0, 0.1) is 0 Å². The number of anilines is 2. The van der Waals surface area contributed by atoms with Gasteiger partial charge in [-0.25, -0.2) is 0 Å². The molecule has 0 N–H and O–H groups in total. The molecule has 24 heavy (non-hydrogen) atoms. The van der Waals surface area contributed by atoms with Gasteiger partial charge in [0, 0.05) is 10.6 Å². The Kier molecular flexibility index (Phi) is 3.83. The average molecular weight is 334 g/mol. The molecule has 0 spiro atoms. The summed E-state index contributed by atoms with van der Waals surface area (Å²) >= 11 is 6.24. The van der Waals surface area contributed by atoms with Crippen LogP contribution in [0.25, 0.3) is 0 Å². The summed E-state index contributed by atoms with van der Waals surface area (Å²) in [5.41, 5.74) is 4.79. The normalized spacial score (nSPS) is 13.0. The number of hydrogen-bond donors (Lipinski definition) is 0. The van der Waals surface area contributed by atoms with Crippen molar-refractivity contribution in [2.75, 3.05) is 4.90 Å². The Bertz CT molecular complexity index is 905. The van der Waals surface area contributed by atoms with Crippen molar-refractivity contribution in [3.8, 4) is 0 Å². The zero-order valence-electron chi connectivity index (χ0n) is 13.1. The molecule has 3 heteroatoms. The van der Waals surface area contributed by atoms with E-state index in [0.717, 1.165) is 29.8 Å². The van der Waals surface area contributed by atoms with Gasteiger partial charge in [-0.15, -0.1) is 0 Å². The maximum absolute atomic E-state index is 13.3. The van der Waals surface area contributed by atoms with E-state index < -0.39 is 0 Å². The summed E-state index contributed by atoms with van der Waals surface area (Å²) in [5.74, 6) is -0.0338. The van der Waals surface area contributed by atoms with Gasteiger partial charge in [0.25, 0.3) is 5.91 Å². The Morgan fingerprint density at radius 3 is 2.25 bits per heavy atom. The van der Waals surface area contributed by atoms with Crippen molar-refractivity contribution in [3.63, 3.8) is 0 Å². The number of para-hydroxylation sites is 1. The van der Waals surface area contributed by atoms with E-state index >= 15 is 0 Å². The van der Waals surface area contributed by atoms with Gasteiger partial charge in [0.1, 0.15) is 0 Å². The number of nitrogens with zero attached hydrogens (tertiary/aromatic N) is 1. The van der Waals surface area contributed by atoms with E-state index in [4.69, 9.17) is 11.6 Å². The van der Waals surface area contributed by atoms with Crippen LogP contribution in [-0.4, -0.2) is 5.91 Å². The standard InChI is InChI=1S/C21H16ClNO/c22-18-13-12-16-11-10-15-6-4-5-9-19(15)23(20(16)14-18)21(24)17-7-2-1-3-8-17/h1-9,12-14H,10-11H2. The fourth-order valence-corrected chi connectivity index (χ4v) is 3.39. The minimum atomic E-state index is -0.0338. The van der Waals surface area contributed by atoms with Crippen LogP contribution >= 0.6 is 11.6 Å². The van der Waals surface area contributed by atoms with Crippen molar-refractivity contribution < 1.29 is 4.79 Å². The molecule has 0 radical (unpaired) electrons. The third-order valence-corrected chi connectivity index (χ3v) is 4.64. The van der Waals surface area contributed by atoms with Gasteiger partial charge in [0.05, 0.1) is 11.4 Å². The molecule has 0 bridgehead atoms. The Labute approximate surface area is 146 Å². The molecule has 2 nitrogen and oxygen atoms in total. The largest absolute Gasteiger partial charge is 0.276 e. The number of aryl methyl sites for hydroxylation is 2. The highest BCUT2D eigenvalue weighted by atomic mass is 35.5. The first-order valence-corrected chi connectivity index (χ1v) is 8.38.